The largest absolute Gasteiger partial charge is 0.673 e. The van der Waals surface area contributed by atoms with Gasteiger partial charge in [-0.2, -0.15) is 0 Å². The fourth-order valence-corrected chi connectivity index (χ4v) is 1.53. The number of fused-ring (bicyclic) bond motifs is 1. The van der Waals surface area contributed by atoms with Crippen LogP contribution in [0.25, 0.3) is 22.7 Å². The van der Waals surface area contributed by atoms with E-state index in [9.17, 15) is 17.3 Å². The van der Waals surface area contributed by atoms with E-state index in [1.807, 2.05) is 54.6 Å². The van der Waals surface area contributed by atoms with Crippen molar-refractivity contribution in [1.29, 1.82) is 0 Å². The summed E-state index contributed by atoms with van der Waals surface area (Å²) in [4.78, 5) is 0. The molecule has 0 fully saturated rings. The zero-order chi connectivity index (χ0) is 14.6. The van der Waals surface area contributed by atoms with E-state index in [0.29, 0.717) is 5.96 Å². The van der Waals surface area contributed by atoms with Crippen LogP contribution in [-0.2, 0) is 0 Å². The summed E-state index contributed by atoms with van der Waals surface area (Å²) in [6, 6.07) is 17.4. The molecule has 3 rings (SSSR count). The molecule has 0 aliphatic rings. The molecular formula is C13H9BF4O2. The van der Waals surface area contributed by atoms with Crippen LogP contribution in [0, 0.1) is 0 Å². The molecule has 0 atom stereocenters. The van der Waals surface area contributed by atoms with Gasteiger partial charge in [-0.15, -0.1) is 0 Å². The van der Waals surface area contributed by atoms with Gasteiger partial charge >= 0.3 is 24.4 Å². The third-order valence-corrected chi connectivity index (χ3v) is 2.26. The number of hydrogen-bond donors (Lipinski definition) is 0. The van der Waals surface area contributed by atoms with Crippen molar-refractivity contribution in [2.24, 2.45) is 0 Å². The standard InChI is InChI=1S/C13H9O2.BF4/c1-2-6-10(7-3-1)13-14-11-8-4-5-9-12(11)15-13;2-1(3,4)5/h1-9H;/q+1;-1. The first-order valence-corrected chi connectivity index (χ1v) is 5.68. The van der Waals surface area contributed by atoms with Crippen LogP contribution >= 0.6 is 0 Å². The average molecular weight is 284 g/mol. The molecule has 104 valence electrons. The lowest BCUT2D eigenvalue weighted by atomic mass is 10.2. The minimum atomic E-state index is -6.00. The Balaban J connectivity index is 0.000000257. The third kappa shape index (κ3) is 4.12. The van der Waals surface area contributed by atoms with E-state index in [1.54, 1.807) is 0 Å². The van der Waals surface area contributed by atoms with Gasteiger partial charge in [0.05, 0.1) is 0 Å². The summed E-state index contributed by atoms with van der Waals surface area (Å²) in [6.45, 7) is 0. The van der Waals surface area contributed by atoms with E-state index in [0.717, 1.165) is 16.7 Å². The maximum absolute atomic E-state index is 9.75. The van der Waals surface area contributed by atoms with Crippen molar-refractivity contribution in [3.63, 3.8) is 0 Å². The molecule has 0 amide bonds. The molecule has 7 heteroatoms. The average Bonchev–Trinajstić information content (AvgIpc) is 2.81. The minimum absolute atomic E-state index is 0.553. The van der Waals surface area contributed by atoms with Crippen LogP contribution in [0.15, 0.2) is 63.4 Å². The van der Waals surface area contributed by atoms with Crippen LogP contribution in [0.1, 0.15) is 0 Å². The highest BCUT2D eigenvalue weighted by Gasteiger charge is 2.21. The molecule has 3 aromatic rings. The second kappa shape index (κ2) is 5.77. The van der Waals surface area contributed by atoms with Gasteiger partial charge in [-0.25, -0.2) is 0 Å². The summed E-state index contributed by atoms with van der Waals surface area (Å²) >= 11 is 0. The summed E-state index contributed by atoms with van der Waals surface area (Å²) in [5, 5.41) is 0. The summed E-state index contributed by atoms with van der Waals surface area (Å²) < 4.78 is 50.2. The van der Waals surface area contributed by atoms with Crippen molar-refractivity contribution >= 4 is 18.4 Å². The van der Waals surface area contributed by atoms with Crippen molar-refractivity contribution in [1.82, 2.24) is 0 Å². The Hall–Kier alpha value is -2.31. The van der Waals surface area contributed by atoms with E-state index in [2.05, 4.69) is 0 Å². The zero-order valence-electron chi connectivity index (χ0n) is 10.1. The summed E-state index contributed by atoms with van der Waals surface area (Å²) in [6.07, 6.45) is 0. The lowest BCUT2D eigenvalue weighted by molar-refractivity contribution is 0.368. The predicted octanol–water partition coefficient (Wildman–Crippen LogP) is 5.27. The van der Waals surface area contributed by atoms with Crippen LogP contribution < -0.4 is 0 Å². The van der Waals surface area contributed by atoms with E-state index < -0.39 is 7.25 Å². The van der Waals surface area contributed by atoms with Crippen molar-refractivity contribution in [3.8, 4) is 11.5 Å². The Morgan fingerprint density at radius 2 is 1.35 bits per heavy atom. The number of rotatable bonds is 1. The van der Waals surface area contributed by atoms with Gasteiger partial charge in [-0.05, 0) is 12.1 Å². The van der Waals surface area contributed by atoms with Gasteiger partial charge in [0.2, 0.25) is 0 Å². The molecule has 0 saturated carbocycles. The van der Waals surface area contributed by atoms with Crippen molar-refractivity contribution in [2.45, 2.75) is 0 Å². The van der Waals surface area contributed by atoms with Crippen LogP contribution in [0.2, 0.25) is 0 Å². The third-order valence-electron chi connectivity index (χ3n) is 2.26. The van der Waals surface area contributed by atoms with Gasteiger partial charge in [-0.1, -0.05) is 30.3 Å². The summed E-state index contributed by atoms with van der Waals surface area (Å²) in [5.41, 5.74) is 2.50. The summed E-state index contributed by atoms with van der Waals surface area (Å²) in [7, 11) is -6.00. The molecule has 0 spiro atoms. The predicted molar refractivity (Wildman–Crippen MR) is 68.5 cm³/mol. The van der Waals surface area contributed by atoms with Crippen LogP contribution in [0.5, 0.6) is 0 Å². The molecular weight excluding hydrogens is 275 g/mol. The number of benzene rings is 2. The molecule has 0 unspecified atom stereocenters. The number of para-hydroxylation sites is 2. The normalized spacial score (nSPS) is 11.0. The number of hydrogen-bond acceptors (Lipinski definition) is 1. The second-order valence-corrected chi connectivity index (χ2v) is 3.80. The quantitative estimate of drug-likeness (QED) is 0.345. The molecule has 2 aromatic carbocycles. The maximum atomic E-state index is 9.75. The summed E-state index contributed by atoms with van der Waals surface area (Å²) in [5.74, 6) is 0.553. The molecule has 1 heterocycles. The monoisotopic (exact) mass is 284 g/mol. The molecule has 20 heavy (non-hydrogen) atoms. The lowest BCUT2D eigenvalue weighted by Crippen LogP contribution is -2.02. The van der Waals surface area contributed by atoms with E-state index in [-0.39, 0.29) is 0 Å². The molecule has 0 radical (unpaired) electrons. The van der Waals surface area contributed by atoms with Crippen molar-refractivity contribution < 1.29 is 26.1 Å². The molecule has 0 bridgehead atoms. The van der Waals surface area contributed by atoms with Gasteiger partial charge in [-0.3, -0.25) is 8.83 Å². The maximum Gasteiger partial charge on any atom is 0.673 e. The van der Waals surface area contributed by atoms with Crippen LogP contribution in [-0.4, -0.2) is 7.25 Å². The van der Waals surface area contributed by atoms with E-state index in [1.165, 1.54) is 0 Å². The topological polar surface area (TPSA) is 24.4 Å². The molecule has 0 N–H and O–H groups in total. The molecule has 1 aromatic heterocycles. The Morgan fingerprint density at radius 3 is 1.95 bits per heavy atom. The Kier molecular flexibility index (Phi) is 4.07. The first-order chi connectivity index (χ1) is 9.43. The van der Waals surface area contributed by atoms with E-state index >= 15 is 0 Å². The van der Waals surface area contributed by atoms with Gasteiger partial charge in [0, 0.05) is 12.1 Å². The molecule has 2 nitrogen and oxygen atoms in total. The van der Waals surface area contributed by atoms with Gasteiger partial charge < -0.3 is 17.3 Å². The van der Waals surface area contributed by atoms with Gasteiger partial charge in [0.1, 0.15) is 5.56 Å². The first-order valence-electron chi connectivity index (χ1n) is 5.68. The fourth-order valence-electron chi connectivity index (χ4n) is 1.53. The Labute approximate surface area is 111 Å². The SMILES string of the molecule is F[B-](F)(F)F.c1ccc(-c2oc3ccccc3[o+]2)cc1. The highest BCUT2D eigenvalue weighted by Crippen LogP contribution is 2.27. The molecule has 0 aliphatic heterocycles. The fraction of sp³-hybridized carbons (Fsp3) is 0. The van der Waals surface area contributed by atoms with Crippen molar-refractivity contribution in [3.05, 3.63) is 54.6 Å². The van der Waals surface area contributed by atoms with Crippen LogP contribution in [0.4, 0.5) is 17.3 Å². The first kappa shape index (κ1) is 14.1. The smallest absolute Gasteiger partial charge is 0.418 e. The van der Waals surface area contributed by atoms with E-state index in [4.69, 9.17) is 8.83 Å². The second-order valence-electron chi connectivity index (χ2n) is 3.80. The van der Waals surface area contributed by atoms with Crippen LogP contribution in [0.3, 0.4) is 0 Å². The lowest BCUT2D eigenvalue weighted by Gasteiger charge is -1.94. The number of halogens is 4. The van der Waals surface area contributed by atoms with Crippen molar-refractivity contribution in [2.75, 3.05) is 0 Å². The minimum Gasteiger partial charge on any atom is -0.418 e. The highest BCUT2D eigenvalue weighted by atomic mass is 19.5. The molecule has 0 aliphatic carbocycles. The Morgan fingerprint density at radius 1 is 0.800 bits per heavy atom. The molecule has 0 saturated heterocycles. The van der Waals surface area contributed by atoms with Gasteiger partial charge in [0.25, 0.3) is 0 Å². The Bertz CT molecular complexity index is 640. The highest BCUT2D eigenvalue weighted by molar-refractivity contribution is 6.50. The zero-order valence-corrected chi connectivity index (χ0v) is 10.1. The van der Waals surface area contributed by atoms with Gasteiger partial charge in [0.15, 0.2) is 0 Å².